The molecule has 0 radical (unpaired) electrons. The first-order valence-corrected chi connectivity index (χ1v) is 13.9. The Morgan fingerprint density at radius 3 is 2.57 bits per heavy atom. The van der Waals surface area contributed by atoms with E-state index in [1.54, 1.807) is 0 Å². The Morgan fingerprint density at radius 1 is 1.08 bits per heavy atom. The Hall–Kier alpha value is -2.87. The van der Waals surface area contributed by atoms with Crippen LogP contribution in [0.15, 0.2) is 18.2 Å². The van der Waals surface area contributed by atoms with Gasteiger partial charge in [-0.3, -0.25) is 14.3 Å². The number of aliphatic hydroxyl groups excluding tert-OH is 1. The number of aliphatic hydroxyl groups is 1. The van der Waals surface area contributed by atoms with Gasteiger partial charge in [0.05, 0.1) is 6.10 Å². The summed E-state index contributed by atoms with van der Waals surface area (Å²) in [7, 11) is 0. The second kappa shape index (κ2) is 9.15. The summed E-state index contributed by atoms with van der Waals surface area (Å²) in [6.45, 7) is 12.3. The summed E-state index contributed by atoms with van der Waals surface area (Å²) in [5.41, 5.74) is 6.57. The lowest BCUT2D eigenvalue weighted by molar-refractivity contribution is -0.132. The topological polar surface area (TPSA) is 81.9 Å². The highest BCUT2D eigenvalue weighted by Gasteiger charge is 2.56. The lowest BCUT2D eigenvalue weighted by Gasteiger charge is -2.37. The molecule has 1 N–H and O–H groups in total. The van der Waals surface area contributed by atoms with Gasteiger partial charge in [0.2, 0.25) is 5.91 Å². The van der Waals surface area contributed by atoms with Crippen molar-refractivity contribution >= 4 is 17.5 Å². The summed E-state index contributed by atoms with van der Waals surface area (Å²) in [6, 6.07) is 6.40. The molecule has 8 heteroatoms. The summed E-state index contributed by atoms with van der Waals surface area (Å²) in [6.07, 6.45) is 1.77. The zero-order valence-electron chi connectivity index (χ0n) is 22.5. The second-order valence-corrected chi connectivity index (χ2v) is 11.7. The van der Waals surface area contributed by atoms with Crippen molar-refractivity contribution in [3.05, 3.63) is 46.3 Å². The number of aromatic nitrogens is 2. The number of aryl methyl sites for hydroxylation is 1. The first kappa shape index (κ1) is 24.5. The highest BCUT2D eigenvalue weighted by atomic mass is 16.3. The van der Waals surface area contributed by atoms with Crippen molar-refractivity contribution in [2.24, 2.45) is 11.8 Å². The van der Waals surface area contributed by atoms with Gasteiger partial charge >= 0.3 is 0 Å². The number of benzene rings is 1. The van der Waals surface area contributed by atoms with E-state index in [9.17, 15) is 14.7 Å². The van der Waals surface area contributed by atoms with Crippen molar-refractivity contribution in [3.8, 4) is 0 Å². The Morgan fingerprint density at radius 2 is 1.84 bits per heavy atom. The molecule has 1 aromatic carbocycles. The number of piperazine rings is 1. The monoisotopic (exact) mass is 505 g/mol. The van der Waals surface area contributed by atoms with Crippen LogP contribution in [-0.2, 0) is 17.8 Å². The molecule has 0 bridgehead atoms. The normalized spacial score (nSPS) is 28.8. The van der Waals surface area contributed by atoms with E-state index >= 15 is 0 Å². The van der Waals surface area contributed by atoms with Crippen LogP contribution in [0.3, 0.4) is 0 Å². The molecule has 3 fully saturated rings. The maximum Gasteiger partial charge on any atom is 0.274 e. The van der Waals surface area contributed by atoms with E-state index in [4.69, 9.17) is 5.10 Å². The molecular formula is C29H39N5O3. The van der Waals surface area contributed by atoms with Crippen LogP contribution in [0.4, 0.5) is 5.69 Å². The number of hydrogen-bond donors (Lipinski definition) is 1. The lowest BCUT2D eigenvalue weighted by atomic mass is 9.99. The van der Waals surface area contributed by atoms with Crippen molar-refractivity contribution in [2.75, 3.05) is 37.6 Å². The number of amides is 2. The van der Waals surface area contributed by atoms with Gasteiger partial charge in [0.15, 0.2) is 5.69 Å². The van der Waals surface area contributed by atoms with E-state index in [1.807, 2.05) is 21.4 Å². The number of piperidine rings is 1. The smallest absolute Gasteiger partial charge is 0.274 e. The van der Waals surface area contributed by atoms with Gasteiger partial charge in [0.25, 0.3) is 5.91 Å². The zero-order valence-corrected chi connectivity index (χ0v) is 22.5. The average Bonchev–Trinajstić information content (AvgIpc) is 3.18. The summed E-state index contributed by atoms with van der Waals surface area (Å²) >= 11 is 0. The molecule has 3 unspecified atom stereocenters. The highest BCUT2D eigenvalue weighted by molar-refractivity contribution is 5.95. The van der Waals surface area contributed by atoms with E-state index in [2.05, 4.69) is 43.9 Å². The minimum absolute atomic E-state index is 0.0131. The minimum Gasteiger partial charge on any atom is -0.393 e. The number of carbonyl (C=O) groups is 2. The quantitative estimate of drug-likeness (QED) is 0.691. The molecule has 1 saturated carbocycles. The zero-order chi connectivity index (χ0) is 26.0. The number of likely N-dealkylation sites (tertiary alicyclic amines) is 1. The predicted molar refractivity (Wildman–Crippen MR) is 142 cm³/mol. The molecule has 8 nitrogen and oxygen atoms in total. The van der Waals surface area contributed by atoms with Crippen molar-refractivity contribution in [1.82, 2.24) is 19.6 Å². The third-order valence-electron chi connectivity index (χ3n) is 9.57. The molecule has 4 aliphatic rings. The fourth-order valence-corrected chi connectivity index (χ4v) is 7.01. The van der Waals surface area contributed by atoms with Gasteiger partial charge in [-0.15, -0.1) is 0 Å². The van der Waals surface area contributed by atoms with Gasteiger partial charge in [0, 0.05) is 55.7 Å². The van der Waals surface area contributed by atoms with Crippen LogP contribution in [0.25, 0.3) is 0 Å². The van der Waals surface area contributed by atoms with Crippen LogP contribution in [0.2, 0.25) is 0 Å². The highest BCUT2D eigenvalue weighted by Crippen LogP contribution is 2.62. The third-order valence-corrected chi connectivity index (χ3v) is 9.57. The molecule has 198 valence electrons. The SMILES string of the molecule is Cc1cccc(N2CCN(C(=O)Cn3nc(C(=O)N4CC[C@@H](O)C[C@@H]4C)c4c3CC3C(C)C43)CC2)c1C. The Balaban J connectivity index is 1.17. The van der Waals surface area contributed by atoms with Crippen molar-refractivity contribution in [1.29, 1.82) is 0 Å². The van der Waals surface area contributed by atoms with Gasteiger partial charge in [-0.05, 0) is 75.0 Å². The molecular weight excluding hydrogens is 466 g/mol. The molecule has 2 aliphatic heterocycles. The van der Waals surface area contributed by atoms with Crippen LogP contribution >= 0.6 is 0 Å². The number of hydrogen-bond acceptors (Lipinski definition) is 5. The van der Waals surface area contributed by atoms with Crippen LogP contribution in [0.5, 0.6) is 0 Å². The van der Waals surface area contributed by atoms with Gasteiger partial charge < -0.3 is 19.8 Å². The minimum atomic E-state index is -0.344. The first-order valence-electron chi connectivity index (χ1n) is 13.9. The first-order chi connectivity index (χ1) is 17.7. The van der Waals surface area contributed by atoms with E-state index in [0.717, 1.165) is 30.8 Å². The van der Waals surface area contributed by atoms with E-state index in [0.29, 0.717) is 55.9 Å². The molecule has 37 heavy (non-hydrogen) atoms. The number of nitrogens with zero attached hydrogens (tertiary/aromatic N) is 5. The van der Waals surface area contributed by atoms with E-state index in [1.165, 1.54) is 16.8 Å². The third kappa shape index (κ3) is 4.13. The number of carbonyl (C=O) groups excluding carboxylic acids is 2. The van der Waals surface area contributed by atoms with Crippen LogP contribution in [0, 0.1) is 25.7 Å². The number of fused-ring (bicyclic) bond motifs is 3. The predicted octanol–water partition coefficient (Wildman–Crippen LogP) is 2.74. The van der Waals surface area contributed by atoms with Crippen LogP contribution in [-0.4, -0.2) is 81.4 Å². The van der Waals surface area contributed by atoms with Gasteiger partial charge in [-0.25, -0.2) is 0 Å². The van der Waals surface area contributed by atoms with Crippen molar-refractivity contribution in [2.45, 2.75) is 71.6 Å². The van der Waals surface area contributed by atoms with Crippen LogP contribution < -0.4 is 4.90 Å². The second-order valence-electron chi connectivity index (χ2n) is 11.7. The maximum absolute atomic E-state index is 13.6. The largest absolute Gasteiger partial charge is 0.393 e. The molecule has 6 rings (SSSR count). The summed E-state index contributed by atoms with van der Waals surface area (Å²) in [5, 5.41) is 14.8. The van der Waals surface area contributed by atoms with E-state index in [-0.39, 0.29) is 30.5 Å². The molecule has 5 atom stereocenters. The fraction of sp³-hybridized carbons (Fsp3) is 0.621. The summed E-state index contributed by atoms with van der Waals surface area (Å²) < 4.78 is 1.84. The maximum atomic E-state index is 13.6. The molecule has 2 aliphatic carbocycles. The molecule has 2 saturated heterocycles. The van der Waals surface area contributed by atoms with E-state index < -0.39 is 0 Å². The molecule has 1 aromatic heterocycles. The summed E-state index contributed by atoms with van der Waals surface area (Å²) in [4.78, 5) is 33.2. The Kier molecular flexibility index (Phi) is 6.05. The van der Waals surface area contributed by atoms with Crippen molar-refractivity contribution in [3.63, 3.8) is 0 Å². The fourth-order valence-electron chi connectivity index (χ4n) is 7.01. The van der Waals surface area contributed by atoms with Gasteiger partial charge in [-0.2, -0.15) is 5.10 Å². The molecule has 0 spiro atoms. The number of rotatable bonds is 4. The average molecular weight is 506 g/mol. The molecule has 3 heterocycles. The van der Waals surface area contributed by atoms with Gasteiger partial charge in [0.1, 0.15) is 6.54 Å². The lowest BCUT2D eigenvalue weighted by Crippen LogP contribution is -2.50. The Labute approximate surface area is 219 Å². The van der Waals surface area contributed by atoms with Crippen molar-refractivity contribution < 1.29 is 14.7 Å². The summed E-state index contributed by atoms with van der Waals surface area (Å²) in [5.74, 6) is 1.58. The standard InChI is InChI=1S/C29H39N5O3/c1-17-6-5-7-23(19(17)3)31-10-12-32(13-11-31)25(36)16-34-24-15-22-20(4)26(22)27(24)28(30-34)29(37)33-9-8-21(35)14-18(33)2/h5-7,18,20-22,26,35H,8-16H2,1-4H3/t18-,20?,21+,22?,26?/m0/s1. The molecule has 2 aromatic rings. The number of anilines is 1. The Bertz CT molecular complexity index is 1230. The molecule has 2 amide bonds. The van der Waals surface area contributed by atoms with Crippen LogP contribution in [0.1, 0.15) is 65.5 Å². The van der Waals surface area contributed by atoms with Gasteiger partial charge in [-0.1, -0.05) is 19.1 Å².